The summed E-state index contributed by atoms with van der Waals surface area (Å²) in [6.07, 6.45) is 0.374. The van der Waals surface area contributed by atoms with Gasteiger partial charge < -0.3 is 0 Å². The fraction of sp³-hybridized carbons (Fsp3) is 0.0870. The zero-order valence-corrected chi connectivity index (χ0v) is 14.9. The molecule has 4 nitrogen and oxygen atoms in total. The highest BCUT2D eigenvalue weighted by atomic mass is 19.1. The molecule has 4 rings (SSSR count). The first-order valence-electron chi connectivity index (χ1n) is 8.93. The molecule has 5 heteroatoms. The van der Waals surface area contributed by atoms with Crippen LogP contribution in [0.15, 0.2) is 83.9 Å². The molecule has 1 N–H and O–H groups in total. The fourth-order valence-corrected chi connectivity index (χ4v) is 3.17. The van der Waals surface area contributed by atoms with Crippen molar-refractivity contribution >= 4 is 17.5 Å². The summed E-state index contributed by atoms with van der Waals surface area (Å²) in [7, 11) is 0. The number of nitrogens with zero attached hydrogens (tertiary/aromatic N) is 1. The van der Waals surface area contributed by atoms with Crippen LogP contribution >= 0.6 is 0 Å². The topological polar surface area (TPSA) is 58.5 Å². The Labute approximate surface area is 161 Å². The first-order chi connectivity index (χ1) is 13.6. The van der Waals surface area contributed by atoms with Crippen molar-refractivity contribution in [2.75, 3.05) is 0 Å². The Morgan fingerprint density at radius 1 is 0.786 bits per heavy atom. The van der Waals surface area contributed by atoms with Crippen LogP contribution < -0.4 is 5.32 Å². The fourth-order valence-electron chi connectivity index (χ4n) is 3.17. The van der Waals surface area contributed by atoms with Gasteiger partial charge in [0.05, 0.1) is 0 Å². The van der Waals surface area contributed by atoms with Crippen molar-refractivity contribution in [2.45, 2.75) is 12.5 Å². The third kappa shape index (κ3) is 3.74. The number of aliphatic imine (C=N–C) groups is 1. The molecule has 0 radical (unpaired) electrons. The Morgan fingerprint density at radius 3 is 2.07 bits per heavy atom. The quantitative estimate of drug-likeness (QED) is 0.712. The lowest BCUT2D eigenvalue weighted by Gasteiger charge is -2.20. The van der Waals surface area contributed by atoms with E-state index in [0.717, 1.165) is 16.7 Å². The van der Waals surface area contributed by atoms with Crippen LogP contribution in [0.4, 0.5) is 4.39 Å². The monoisotopic (exact) mass is 372 g/mol. The summed E-state index contributed by atoms with van der Waals surface area (Å²) in [5.41, 5.74) is 3.77. The zero-order chi connectivity index (χ0) is 19.5. The number of amides is 2. The van der Waals surface area contributed by atoms with Gasteiger partial charge in [-0.3, -0.25) is 19.9 Å². The number of benzene rings is 3. The molecule has 1 atom stereocenters. The van der Waals surface area contributed by atoms with Crippen LogP contribution in [-0.2, 0) is 16.0 Å². The third-order valence-corrected chi connectivity index (χ3v) is 4.65. The highest BCUT2D eigenvalue weighted by Gasteiger charge is 2.29. The molecule has 0 saturated heterocycles. The van der Waals surface area contributed by atoms with Crippen molar-refractivity contribution in [1.82, 2.24) is 5.32 Å². The number of rotatable bonds is 4. The van der Waals surface area contributed by atoms with Crippen LogP contribution in [0.2, 0.25) is 0 Å². The molecule has 138 valence electrons. The summed E-state index contributed by atoms with van der Waals surface area (Å²) < 4.78 is 13.1. The average molecular weight is 372 g/mol. The number of halogens is 1. The lowest BCUT2D eigenvalue weighted by Crippen LogP contribution is -2.47. The second kappa shape index (κ2) is 7.56. The largest absolute Gasteiger partial charge is 0.289 e. The Balaban J connectivity index is 1.57. The van der Waals surface area contributed by atoms with E-state index in [9.17, 15) is 14.0 Å². The number of nitrogens with one attached hydrogen (secondary N) is 1. The summed E-state index contributed by atoms with van der Waals surface area (Å²) in [6, 6.07) is 22.7. The lowest BCUT2D eigenvalue weighted by molar-refractivity contribution is -0.128. The van der Waals surface area contributed by atoms with Gasteiger partial charge >= 0.3 is 0 Å². The second-order valence-electron chi connectivity index (χ2n) is 6.59. The highest BCUT2D eigenvalue weighted by Crippen LogP contribution is 2.21. The van der Waals surface area contributed by atoms with Crippen LogP contribution in [0.3, 0.4) is 0 Å². The van der Waals surface area contributed by atoms with E-state index in [1.54, 1.807) is 0 Å². The summed E-state index contributed by atoms with van der Waals surface area (Å²) in [5.74, 6) is -1.39. The Kier molecular flexibility index (Phi) is 4.81. The minimum absolute atomic E-state index is 0.144. The minimum Gasteiger partial charge on any atom is -0.289 e. The van der Waals surface area contributed by atoms with E-state index in [2.05, 4.69) is 10.3 Å². The van der Waals surface area contributed by atoms with Crippen LogP contribution in [0.1, 0.15) is 11.1 Å². The second-order valence-corrected chi connectivity index (χ2v) is 6.59. The van der Waals surface area contributed by atoms with Crippen molar-refractivity contribution < 1.29 is 14.0 Å². The zero-order valence-electron chi connectivity index (χ0n) is 14.9. The smallest absolute Gasteiger partial charge is 0.276 e. The Hall–Kier alpha value is -3.60. The van der Waals surface area contributed by atoms with Gasteiger partial charge in [0.2, 0.25) is 0 Å². The molecule has 0 fully saturated rings. The lowest BCUT2D eigenvalue weighted by atomic mass is 9.99. The van der Waals surface area contributed by atoms with Crippen LogP contribution in [0.25, 0.3) is 11.1 Å². The first kappa shape index (κ1) is 17.8. The van der Waals surface area contributed by atoms with Crippen molar-refractivity contribution in [1.29, 1.82) is 0 Å². The van der Waals surface area contributed by atoms with E-state index in [1.165, 1.54) is 24.3 Å². The molecule has 0 aliphatic carbocycles. The van der Waals surface area contributed by atoms with E-state index in [1.807, 2.05) is 54.6 Å². The van der Waals surface area contributed by atoms with Crippen LogP contribution in [-0.4, -0.2) is 23.6 Å². The van der Waals surface area contributed by atoms with Crippen LogP contribution in [0, 0.1) is 5.82 Å². The van der Waals surface area contributed by atoms with Crippen LogP contribution in [0.5, 0.6) is 0 Å². The third-order valence-electron chi connectivity index (χ3n) is 4.65. The summed E-state index contributed by atoms with van der Waals surface area (Å²) in [5, 5.41) is 2.35. The predicted octanol–water partition coefficient (Wildman–Crippen LogP) is 3.55. The van der Waals surface area contributed by atoms with E-state index in [-0.39, 0.29) is 5.71 Å². The standard InChI is InChI=1S/C23H17FN2O2/c24-19-12-10-18(11-13-19)21-23(28)26-22(27)20(25-21)14-15-6-8-17(9-7-15)16-4-2-1-3-5-16/h1-13,20H,14H2,(H,26,27,28). The number of hydrogen-bond acceptors (Lipinski definition) is 3. The number of hydrogen-bond donors (Lipinski definition) is 1. The predicted molar refractivity (Wildman–Crippen MR) is 105 cm³/mol. The molecule has 28 heavy (non-hydrogen) atoms. The van der Waals surface area contributed by atoms with Crippen molar-refractivity contribution in [3.05, 3.63) is 95.8 Å². The number of imide groups is 1. The molecule has 1 aliphatic rings. The molecule has 0 spiro atoms. The molecular weight excluding hydrogens is 355 g/mol. The molecule has 0 bridgehead atoms. The normalized spacial score (nSPS) is 16.5. The maximum atomic E-state index is 13.1. The molecule has 1 unspecified atom stereocenters. The maximum absolute atomic E-state index is 13.1. The Bertz CT molecular complexity index is 1040. The average Bonchev–Trinajstić information content (AvgIpc) is 2.72. The Morgan fingerprint density at radius 2 is 1.39 bits per heavy atom. The minimum atomic E-state index is -0.708. The highest BCUT2D eigenvalue weighted by molar-refractivity contribution is 6.48. The molecular formula is C23H17FN2O2. The van der Waals surface area contributed by atoms with E-state index >= 15 is 0 Å². The van der Waals surface area contributed by atoms with Gasteiger partial charge in [-0.05, 0) is 41.0 Å². The van der Waals surface area contributed by atoms with Gasteiger partial charge in [-0.1, -0.05) is 54.6 Å². The maximum Gasteiger partial charge on any atom is 0.276 e. The number of carbonyl (C=O) groups excluding carboxylic acids is 2. The molecule has 1 aliphatic heterocycles. The van der Waals surface area contributed by atoms with Gasteiger partial charge in [0.15, 0.2) is 0 Å². The molecule has 2 amide bonds. The van der Waals surface area contributed by atoms with Gasteiger partial charge in [-0.15, -0.1) is 0 Å². The van der Waals surface area contributed by atoms with Gasteiger partial charge in [0.25, 0.3) is 11.8 Å². The van der Waals surface area contributed by atoms with Gasteiger partial charge in [0, 0.05) is 12.0 Å². The van der Waals surface area contributed by atoms with Gasteiger partial charge in [0.1, 0.15) is 17.6 Å². The van der Waals surface area contributed by atoms with Crippen molar-refractivity contribution in [2.24, 2.45) is 4.99 Å². The molecule has 0 saturated carbocycles. The van der Waals surface area contributed by atoms with E-state index < -0.39 is 23.7 Å². The SMILES string of the molecule is O=C1NC(=O)C(Cc2ccc(-c3ccccc3)cc2)N=C1c1ccc(F)cc1. The molecule has 3 aromatic carbocycles. The first-order valence-corrected chi connectivity index (χ1v) is 8.93. The number of carbonyl (C=O) groups is 2. The van der Waals surface area contributed by atoms with Gasteiger partial charge in [-0.25, -0.2) is 4.39 Å². The summed E-state index contributed by atoms with van der Waals surface area (Å²) >= 11 is 0. The van der Waals surface area contributed by atoms with Crippen molar-refractivity contribution in [3.8, 4) is 11.1 Å². The van der Waals surface area contributed by atoms with Crippen molar-refractivity contribution in [3.63, 3.8) is 0 Å². The van der Waals surface area contributed by atoms with Gasteiger partial charge in [-0.2, -0.15) is 0 Å². The summed E-state index contributed by atoms with van der Waals surface area (Å²) in [6.45, 7) is 0. The molecule has 0 aromatic heterocycles. The van der Waals surface area contributed by atoms with E-state index in [4.69, 9.17) is 0 Å². The van der Waals surface area contributed by atoms with E-state index in [0.29, 0.717) is 12.0 Å². The summed E-state index contributed by atoms with van der Waals surface area (Å²) in [4.78, 5) is 28.7. The molecule has 3 aromatic rings. The molecule has 1 heterocycles.